The normalized spacial score (nSPS) is 10.7. The van der Waals surface area contributed by atoms with Gasteiger partial charge in [0.2, 0.25) is 5.91 Å². The van der Waals surface area contributed by atoms with Crippen LogP contribution in [0.3, 0.4) is 0 Å². The van der Waals surface area contributed by atoms with E-state index in [4.69, 9.17) is 11.6 Å². The topological polar surface area (TPSA) is 29.1 Å². The lowest BCUT2D eigenvalue weighted by Crippen LogP contribution is -2.27. The first kappa shape index (κ1) is 20.2. The minimum atomic E-state index is 0.104. The number of hydrogen-bond acceptors (Lipinski definition) is 3. The molecule has 0 bridgehead atoms. The molecule has 0 radical (unpaired) electrons. The molecule has 25 heavy (non-hydrogen) atoms. The van der Waals surface area contributed by atoms with Crippen LogP contribution in [0, 0.1) is 13.8 Å². The molecule has 0 fully saturated rings. The number of carbonyl (C=O) groups excluding carboxylic acids is 1. The Labute approximate surface area is 164 Å². The zero-order valence-corrected chi connectivity index (χ0v) is 17.1. The van der Waals surface area contributed by atoms with Gasteiger partial charge in [-0.05, 0) is 31.0 Å². The van der Waals surface area contributed by atoms with E-state index < -0.39 is 0 Å². The van der Waals surface area contributed by atoms with E-state index in [9.17, 15) is 4.79 Å². The highest BCUT2D eigenvalue weighted by Gasteiger charge is 2.03. The third kappa shape index (κ3) is 7.76. The predicted molar refractivity (Wildman–Crippen MR) is 113 cm³/mol. The number of carbonyl (C=O) groups is 1. The van der Waals surface area contributed by atoms with Crippen molar-refractivity contribution in [1.82, 2.24) is 5.32 Å². The molecule has 0 atom stereocenters. The molecule has 0 aliphatic heterocycles. The number of hydrogen-bond donors (Lipinski definition) is 1. The lowest BCUT2D eigenvalue weighted by Gasteiger charge is -2.07. The zero-order chi connectivity index (χ0) is 18.1. The van der Waals surface area contributed by atoms with E-state index in [0.717, 1.165) is 27.8 Å². The third-order valence-electron chi connectivity index (χ3n) is 3.57. The van der Waals surface area contributed by atoms with Crippen molar-refractivity contribution in [1.29, 1.82) is 0 Å². The summed E-state index contributed by atoms with van der Waals surface area (Å²) in [5, 5.41) is 3.79. The highest BCUT2D eigenvalue weighted by Crippen LogP contribution is 2.20. The van der Waals surface area contributed by atoms with Gasteiger partial charge in [0.05, 0.1) is 5.75 Å². The first-order valence-electron chi connectivity index (χ1n) is 8.27. The van der Waals surface area contributed by atoms with Crippen molar-refractivity contribution in [2.24, 2.45) is 0 Å². The Bertz CT molecular complexity index is 686. The van der Waals surface area contributed by atoms with Crippen LogP contribution in [0.25, 0.3) is 0 Å². The fourth-order valence-corrected chi connectivity index (χ4v) is 4.46. The average Bonchev–Trinajstić information content (AvgIpc) is 2.55. The fraction of sp³-hybridized carbons (Fsp3) is 0.350. The van der Waals surface area contributed by atoms with Gasteiger partial charge < -0.3 is 5.32 Å². The number of thioether (sulfide) groups is 2. The summed E-state index contributed by atoms with van der Waals surface area (Å²) < 4.78 is 0. The highest BCUT2D eigenvalue weighted by atomic mass is 35.5. The SMILES string of the molecule is Cc1cc(C)cc(CSCC(=O)NCCSCc2ccccc2Cl)c1. The van der Waals surface area contributed by atoms with Gasteiger partial charge in [-0.15, -0.1) is 11.8 Å². The molecule has 0 saturated heterocycles. The van der Waals surface area contributed by atoms with Crippen LogP contribution in [0.5, 0.6) is 0 Å². The number of rotatable bonds is 9. The van der Waals surface area contributed by atoms with Crippen molar-refractivity contribution < 1.29 is 4.79 Å². The van der Waals surface area contributed by atoms with Crippen molar-refractivity contribution in [2.45, 2.75) is 25.4 Å². The molecule has 1 amide bonds. The summed E-state index contributed by atoms with van der Waals surface area (Å²) in [5.41, 5.74) is 4.97. The molecule has 0 aromatic heterocycles. The molecule has 0 saturated carbocycles. The molecule has 2 nitrogen and oxygen atoms in total. The Hall–Kier alpha value is -1.10. The van der Waals surface area contributed by atoms with Gasteiger partial charge in [0, 0.05) is 28.8 Å². The summed E-state index contributed by atoms with van der Waals surface area (Å²) in [6, 6.07) is 14.4. The molecule has 0 spiro atoms. The molecule has 5 heteroatoms. The van der Waals surface area contributed by atoms with Crippen LogP contribution in [0.4, 0.5) is 0 Å². The van der Waals surface area contributed by atoms with Crippen molar-refractivity contribution in [3.8, 4) is 0 Å². The zero-order valence-electron chi connectivity index (χ0n) is 14.7. The number of aryl methyl sites for hydroxylation is 2. The van der Waals surface area contributed by atoms with Crippen LogP contribution >= 0.6 is 35.1 Å². The van der Waals surface area contributed by atoms with Gasteiger partial charge in [-0.1, -0.05) is 59.1 Å². The second kappa shape index (κ2) is 10.8. The van der Waals surface area contributed by atoms with Crippen molar-refractivity contribution in [3.05, 3.63) is 69.7 Å². The van der Waals surface area contributed by atoms with Crippen molar-refractivity contribution >= 4 is 41.0 Å². The van der Waals surface area contributed by atoms with Gasteiger partial charge in [0.15, 0.2) is 0 Å². The van der Waals surface area contributed by atoms with Gasteiger partial charge in [-0.25, -0.2) is 0 Å². The monoisotopic (exact) mass is 393 g/mol. The molecule has 2 aromatic rings. The van der Waals surface area contributed by atoms with Crippen LogP contribution in [0.15, 0.2) is 42.5 Å². The average molecular weight is 394 g/mol. The minimum absolute atomic E-state index is 0.104. The van der Waals surface area contributed by atoms with E-state index in [1.807, 2.05) is 24.3 Å². The minimum Gasteiger partial charge on any atom is -0.355 e. The van der Waals surface area contributed by atoms with Gasteiger partial charge in [-0.3, -0.25) is 4.79 Å². The van der Waals surface area contributed by atoms with Crippen LogP contribution in [-0.4, -0.2) is 24.0 Å². The Morgan fingerprint density at radius 2 is 1.76 bits per heavy atom. The molecule has 2 aromatic carbocycles. The fourth-order valence-electron chi connectivity index (χ4n) is 2.53. The molecule has 0 aliphatic carbocycles. The standard InChI is InChI=1S/C20H24ClNOS2/c1-15-9-16(2)11-17(10-15)12-25-14-20(23)22-7-8-24-13-18-5-3-4-6-19(18)21/h3-6,9-11H,7-8,12-14H2,1-2H3,(H,22,23). The van der Waals surface area contributed by atoms with Crippen molar-refractivity contribution in [3.63, 3.8) is 0 Å². The summed E-state index contributed by atoms with van der Waals surface area (Å²) in [6.45, 7) is 4.90. The molecule has 2 rings (SSSR count). The highest BCUT2D eigenvalue weighted by molar-refractivity contribution is 7.99. The van der Waals surface area contributed by atoms with E-state index in [0.29, 0.717) is 12.3 Å². The van der Waals surface area contributed by atoms with E-state index in [2.05, 4.69) is 37.4 Å². The lowest BCUT2D eigenvalue weighted by atomic mass is 10.1. The summed E-state index contributed by atoms with van der Waals surface area (Å²) >= 11 is 9.57. The van der Waals surface area contributed by atoms with Gasteiger partial charge in [0.25, 0.3) is 0 Å². The predicted octanol–water partition coefficient (Wildman–Crippen LogP) is 5.24. The second-order valence-corrected chi connectivity index (χ2v) is 8.48. The van der Waals surface area contributed by atoms with Gasteiger partial charge in [-0.2, -0.15) is 11.8 Å². The summed E-state index contributed by atoms with van der Waals surface area (Å²) in [6.07, 6.45) is 0. The van der Waals surface area contributed by atoms with Crippen LogP contribution in [-0.2, 0) is 16.3 Å². The largest absolute Gasteiger partial charge is 0.355 e. The number of halogens is 1. The summed E-state index contributed by atoms with van der Waals surface area (Å²) in [5.74, 6) is 3.24. The van der Waals surface area contributed by atoms with Crippen LogP contribution < -0.4 is 5.32 Å². The van der Waals surface area contributed by atoms with Gasteiger partial charge in [0.1, 0.15) is 0 Å². The maximum Gasteiger partial charge on any atom is 0.230 e. The maximum atomic E-state index is 11.9. The molecule has 0 unspecified atom stereocenters. The van der Waals surface area contributed by atoms with E-state index in [1.54, 1.807) is 23.5 Å². The molecule has 134 valence electrons. The van der Waals surface area contributed by atoms with Crippen LogP contribution in [0.2, 0.25) is 5.02 Å². The summed E-state index contributed by atoms with van der Waals surface area (Å²) in [7, 11) is 0. The van der Waals surface area contributed by atoms with E-state index >= 15 is 0 Å². The number of nitrogens with one attached hydrogen (secondary N) is 1. The summed E-state index contributed by atoms with van der Waals surface area (Å²) in [4.78, 5) is 11.9. The Balaban J connectivity index is 1.57. The van der Waals surface area contributed by atoms with Gasteiger partial charge >= 0.3 is 0 Å². The molecular formula is C20H24ClNOS2. The first-order chi connectivity index (χ1) is 12.0. The molecule has 0 aliphatic rings. The van der Waals surface area contributed by atoms with Crippen molar-refractivity contribution in [2.75, 3.05) is 18.1 Å². The van der Waals surface area contributed by atoms with Crippen LogP contribution in [0.1, 0.15) is 22.3 Å². The third-order valence-corrected chi connectivity index (χ3v) is 5.95. The Morgan fingerprint density at radius 3 is 2.48 bits per heavy atom. The molecular weight excluding hydrogens is 370 g/mol. The smallest absolute Gasteiger partial charge is 0.230 e. The lowest BCUT2D eigenvalue weighted by molar-refractivity contribution is -0.118. The maximum absolute atomic E-state index is 11.9. The van der Waals surface area contributed by atoms with E-state index in [-0.39, 0.29) is 5.91 Å². The number of amides is 1. The second-order valence-electron chi connectivity index (χ2n) is 5.98. The molecule has 1 N–H and O–H groups in total. The first-order valence-corrected chi connectivity index (χ1v) is 11.0. The molecule has 0 heterocycles. The number of benzene rings is 2. The Kier molecular flexibility index (Phi) is 8.73. The van der Waals surface area contributed by atoms with E-state index in [1.165, 1.54) is 16.7 Å². The Morgan fingerprint density at radius 1 is 1.04 bits per heavy atom. The quantitative estimate of drug-likeness (QED) is 0.590.